The third kappa shape index (κ3) is 5.93. The van der Waals surface area contributed by atoms with Crippen LogP contribution >= 0.6 is 11.8 Å². The fourth-order valence-electron chi connectivity index (χ4n) is 1.95. The minimum atomic E-state index is -0.314. The number of nitrogens with one attached hydrogen (secondary N) is 1. The number of thioether (sulfide) groups is 1. The van der Waals surface area contributed by atoms with E-state index in [0.717, 1.165) is 10.6 Å². The van der Waals surface area contributed by atoms with Gasteiger partial charge in [-0.05, 0) is 42.8 Å². The van der Waals surface area contributed by atoms with Crippen molar-refractivity contribution in [3.05, 3.63) is 60.8 Å². The first kappa shape index (κ1) is 19.5. The highest BCUT2D eigenvalue weighted by atomic mass is 32.2. The Kier molecular flexibility index (Phi) is 7.70. The summed E-state index contributed by atoms with van der Waals surface area (Å²) in [5, 5.41) is 4.48. The van der Waals surface area contributed by atoms with Gasteiger partial charge in [-0.3, -0.25) is 4.79 Å². The Morgan fingerprint density at radius 3 is 2.92 bits per heavy atom. The topological polar surface area (TPSA) is 72.8 Å². The molecule has 136 valence electrons. The molecule has 0 radical (unpaired) electrons. The molecule has 0 bridgehead atoms. The van der Waals surface area contributed by atoms with Crippen LogP contribution in [-0.4, -0.2) is 36.1 Å². The normalized spacial score (nSPS) is 11.8. The third-order valence-electron chi connectivity index (χ3n) is 3.24. The van der Waals surface area contributed by atoms with Crippen LogP contribution in [0.4, 0.5) is 0 Å². The van der Waals surface area contributed by atoms with Crippen molar-refractivity contribution in [1.29, 1.82) is 0 Å². The molecule has 0 aliphatic heterocycles. The molecule has 0 fully saturated rings. The molecule has 0 saturated heterocycles. The number of hydrazone groups is 1. The minimum absolute atomic E-state index is 0.199. The molecule has 1 amide bonds. The summed E-state index contributed by atoms with van der Waals surface area (Å²) in [6.07, 6.45) is 4.91. The standard InChI is InChI=1S/C19H21N3O3S/c1-4-11-25-16-9-8-15(12-17(16)24-3)13-21-22-19(23)14(2)26-18-7-5-6-10-20-18/h4-10,12-14H,1,11H2,2-3H3,(H,22,23)/b21-13+. The van der Waals surface area contributed by atoms with Crippen molar-refractivity contribution in [2.75, 3.05) is 13.7 Å². The van der Waals surface area contributed by atoms with Gasteiger partial charge >= 0.3 is 0 Å². The molecule has 26 heavy (non-hydrogen) atoms. The molecule has 1 N–H and O–H groups in total. The Balaban J connectivity index is 1.92. The zero-order chi connectivity index (χ0) is 18.8. The van der Waals surface area contributed by atoms with Crippen molar-refractivity contribution in [3.63, 3.8) is 0 Å². The van der Waals surface area contributed by atoms with Crippen LogP contribution in [0.2, 0.25) is 0 Å². The van der Waals surface area contributed by atoms with Gasteiger partial charge in [-0.15, -0.1) is 0 Å². The van der Waals surface area contributed by atoms with Crippen LogP contribution in [-0.2, 0) is 4.79 Å². The summed E-state index contributed by atoms with van der Waals surface area (Å²) in [5.74, 6) is 1.00. The summed E-state index contributed by atoms with van der Waals surface area (Å²) in [6.45, 7) is 5.81. The quantitative estimate of drug-likeness (QED) is 0.317. The number of pyridine rings is 1. The molecule has 1 atom stereocenters. The second kappa shape index (κ2) is 10.2. The van der Waals surface area contributed by atoms with E-state index >= 15 is 0 Å². The molecule has 1 aromatic carbocycles. The minimum Gasteiger partial charge on any atom is -0.493 e. The Labute approximate surface area is 157 Å². The van der Waals surface area contributed by atoms with Gasteiger partial charge in [-0.2, -0.15) is 5.10 Å². The average Bonchev–Trinajstić information content (AvgIpc) is 2.67. The molecule has 1 heterocycles. The molecule has 0 aliphatic rings. The smallest absolute Gasteiger partial charge is 0.253 e. The molecule has 1 aromatic heterocycles. The molecule has 0 saturated carbocycles. The SMILES string of the molecule is C=CCOc1ccc(/C=N/NC(=O)C(C)Sc2ccccn2)cc1OC. The number of hydrogen-bond acceptors (Lipinski definition) is 6. The number of carbonyl (C=O) groups excluding carboxylic acids is 1. The van der Waals surface area contributed by atoms with Crippen LogP contribution in [0, 0.1) is 0 Å². The number of benzene rings is 1. The molecule has 0 spiro atoms. The lowest BCUT2D eigenvalue weighted by atomic mass is 10.2. The lowest BCUT2D eigenvalue weighted by Gasteiger charge is -2.10. The second-order valence-electron chi connectivity index (χ2n) is 5.17. The summed E-state index contributed by atoms with van der Waals surface area (Å²) in [6, 6.07) is 11.0. The first-order chi connectivity index (χ1) is 12.6. The van der Waals surface area contributed by atoms with Crippen molar-refractivity contribution >= 4 is 23.9 Å². The number of nitrogens with zero attached hydrogens (tertiary/aromatic N) is 2. The van der Waals surface area contributed by atoms with Crippen LogP contribution < -0.4 is 14.9 Å². The number of carbonyl (C=O) groups is 1. The van der Waals surface area contributed by atoms with E-state index in [0.29, 0.717) is 18.1 Å². The van der Waals surface area contributed by atoms with Crippen LogP contribution in [0.3, 0.4) is 0 Å². The fourth-order valence-corrected chi connectivity index (χ4v) is 2.75. The number of amides is 1. The van der Waals surface area contributed by atoms with E-state index in [9.17, 15) is 4.79 Å². The lowest BCUT2D eigenvalue weighted by molar-refractivity contribution is -0.120. The predicted octanol–water partition coefficient (Wildman–Crippen LogP) is 3.29. The first-order valence-corrected chi connectivity index (χ1v) is 8.84. The van der Waals surface area contributed by atoms with E-state index in [4.69, 9.17) is 9.47 Å². The van der Waals surface area contributed by atoms with Gasteiger partial charge in [0, 0.05) is 6.20 Å². The van der Waals surface area contributed by atoms with Crippen LogP contribution in [0.5, 0.6) is 11.5 Å². The summed E-state index contributed by atoms with van der Waals surface area (Å²) in [4.78, 5) is 16.3. The van der Waals surface area contributed by atoms with Crippen LogP contribution in [0.15, 0.2) is 65.4 Å². The van der Waals surface area contributed by atoms with Crippen LogP contribution in [0.25, 0.3) is 0 Å². The van der Waals surface area contributed by atoms with E-state index in [1.54, 1.807) is 44.7 Å². The molecule has 1 unspecified atom stereocenters. The molecule has 0 aliphatic carbocycles. The maximum atomic E-state index is 12.1. The van der Waals surface area contributed by atoms with Crippen molar-refractivity contribution < 1.29 is 14.3 Å². The van der Waals surface area contributed by atoms with E-state index < -0.39 is 0 Å². The van der Waals surface area contributed by atoms with Crippen molar-refractivity contribution in [1.82, 2.24) is 10.4 Å². The average molecular weight is 371 g/mol. The Morgan fingerprint density at radius 1 is 1.38 bits per heavy atom. The molecule has 2 aromatic rings. The first-order valence-electron chi connectivity index (χ1n) is 7.96. The van der Waals surface area contributed by atoms with Crippen molar-refractivity contribution in [3.8, 4) is 11.5 Å². The van der Waals surface area contributed by atoms with Gasteiger partial charge in [0.05, 0.1) is 23.6 Å². The molecular formula is C19H21N3O3S. The number of aromatic nitrogens is 1. The molecule has 2 rings (SSSR count). The van der Waals surface area contributed by atoms with Gasteiger partial charge in [0.15, 0.2) is 11.5 Å². The Hall–Kier alpha value is -2.80. The molecule has 6 nitrogen and oxygen atoms in total. The van der Waals surface area contributed by atoms with Gasteiger partial charge in [0.2, 0.25) is 0 Å². The summed E-state index contributed by atoms with van der Waals surface area (Å²) >= 11 is 1.37. The van der Waals surface area contributed by atoms with E-state index in [1.807, 2.05) is 24.3 Å². The van der Waals surface area contributed by atoms with Crippen molar-refractivity contribution in [2.24, 2.45) is 5.10 Å². The van der Waals surface area contributed by atoms with Crippen molar-refractivity contribution in [2.45, 2.75) is 17.2 Å². The predicted molar refractivity (Wildman–Crippen MR) is 104 cm³/mol. The van der Waals surface area contributed by atoms with Gasteiger partial charge < -0.3 is 9.47 Å². The Bertz CT molecular complexity index is 766. The summed E-state index contributed by atoms with van der Waals surface area (Å²) in [7, 11) is 1.56. The summed E-state index contributed by atoms with van der Waals surface area (Å²) < 4.78 is 10.8. The van der Waals surface area contributed by atoms with Gasteiger partial charge in [-0.1, -0.05) is 30.5 Å². The van der Waals surface area contributed by atoms with E-state index in [-0.39, 0.29) is 11.2 Å². The number of ether oxygens (including phenoxy) is 2. The number of methoxy groups -OCH3 is 1. The van der Waals surface area contributed by atoms with E-state index in [2.05, 4.69) is 22.1 Å². The highest BCUT2D eigenvalue weighted by Gasteiger charge is 2.14. The third-order valence-corrected chi connectivity index (χ3v) is 4.29. The monoisotopic (exact) mass is 371 g/mol. The maximum absolute atomic E-state index is 12.1. The number of rotatable bonds is 9. The fraction of sp³-hybridized carbons (Fsp3) is 0.211. The highest BCUT2D eigenvalue weighted by Crippen LogP contribution is 2.27. The zero-order valence-corrected chi connectivity index (χ0v) is 15.5. The van der Waals surface area contributed by atoms with Crippen LogP contribution in [0.1, 0.15) is 12.5 Å². The zero-order valence-electron chi connectivity index (χ0n) is 14.7. The van der Waals surface area contributed by atoms with Gasteiger partial charge in [0.25, 0.3) is 5.91 Å². The molecule has 7 heteroatoms. The molecular weight excluding hydrogens is 350 g/mol. The summed E-state index contributed by atoms with van der Waals surface area (Å²) in [5.41, 5.74) is 3.31. The van der Waals surface area contributed by atoms with E-state index in [1.165, 1.54) is 11.8 Å². The van der Waals surface area contributed by atoms with Gasteiger partial charge in [-0.25, -0.2) is 10.4 Å². The highest BCUT2D eigenvalue weighted by molar-refractivity contribution is 8.00. The Morgan fingerprint density at radius 2 is 2.23 bits per heavy atom. The second-order valence-corrected chi connectivity index (χ2v) is 6.53. The number of hydrogen-bond donors (Lipinski definition) is 1. The largest absolute Gasteiger partial charge is 0.493 e. The van der Waals surface area contributed by atoms with Gasteiger partial charge in [0.1, 0.15) is 6.61 Å². The maximum Gasteiger partial charge on any atom is 0.253 e. The lowest BCUT2D eigenvalue weighted by Crippen LogP contribution is -2.26.